The summed E-state index contributed by atoms with van der Waals surface area (Å²) >= 11 is 4.86. The van der Waals surface area contributed by atoms with Crippen molar-refractivity contribution in [2.24, 2.45) is 0 Å². The molecule has 0 aliphatic carbocycles. The SMILES string of the molecule is N=C(Cl)c1c(F)c(F)c(F)c(F)c1F. The molecule has 0 saturated carbocycles. The van der Waals surface area contributed by atoms with Gasteiger partial charge in [-0.2, -0.15) is 0 Å². The van der Waals surface area contributed by atoms with Gasteiger partial charge in [0.05, 0.1) is 5.56 Å². The average molecular weight is 230 g/mol. The number of halogens is 6. The third kappa shape index (κ3) is 1.45. The maximum atomic E-state index is 12.7. The predicted octanol–water partition coefficient (Wildman–Crippen LogP) is 2.95. The van der Waals surface area contributed by atoms with Crippen molar-refractivity contribution in [1.82, 2.24) is 0 Å². The zero-order valence-corrected chi connectivity index (χ0v) is 7.02. The summed E-state index contributed by atoms with van der Waals surface area (Å²) in [6, 6.07) is 0. The summed E-state index contributed by atoms with van der Waals surface area (Å²) in [5.41, 5.74) is -1.43. The number of rotatable bonds is 1. The maximum Gasteiger partial charge on any atom is 0.200 e. The summed E-state index contributed by atoms with van der Waals surface area (Å²) < 4.78 is 62.7. The molecule has 1 nitrogen and oxygen atoms in total. The van der Waals surface area contributed by atoms with Crippen molar-refractivity contribution in [3.05, 3.63) is 34.6 Å². The Bertz CT molecular complexity index is 388. The van der Waals surface area contributed by atoms with Crippen LogP contribution < -0.4 is 0 Å². The second kappa shape index (κ2) is 3.53. The van der Waals surface area contributed by atoms with Crippen molar-refractivity contribution in [2.75, 3.05) is 0 Å². The van der Waals surface area contributed by atoms with Gasteiger partial charge < -0.3 is 0 Å². The van der Waals surface area contributed by atoms with Gasteiger partial charge in [0.15, 0.2) is 23.3 Å². The van der Waals surface area contributed by atoms with Crippen molar-refractivity contribution in [1.29, 1.82) is 5.41 Å². The Morgan fingerprint density at radius 1 is 0.786 bits per heavy atom. The Morgan fingerprint density at radius 2 is 1.07 bits per heavy atom. The molecule has 1 aromatic rings. The van der Waals surface area contributed by atoms with E-state index in [1.807, 2.05) is 0 Å². The number of nitrogens with one attached hydrogen (secondary N) is 1. The molecule has 0 radical (unpaired) electrons. The highest BCUT2D eigenvalue weighted by Crippen LogP contribution is 2.23. The fourth-order valence-corrected chi connectivity index (χ4v) is 0.964. The van der Waals surface area contributed by atoms with Crippen molar-refractivity contribution >= 4 is 16.8 Å². The van der Waals surface area contributed by atoms with Crippen LogP contribution in [0.15, 0.2) is 0 Å². The summed E-state index contributed by atoms with van der Waals surface area (Å²) in [6.45, 7) is 0. The molecule has 0 atom stereocenters. The van der Waals surface area contributed by atoms with Crippen LogP contribution in [-0.4, -0.2) is 5.17 Å². The summed E-state index contributed by atoms with van der Waals surface area (Å²) in [5, 5.41) is 5.36. The lowest BCUT2D eigenvalue weighted by molar-refractivity contribution is 0.377. The smallest absolute Gasteiger partial charge is 0.200 e. The summed E-state index contributed by atoms with van der Waals surface area (Å²) in [5.74, 6) is -10.7. The van der Waals surface area contributed by atoms with Crippen molar-refractivity contribution < 1.29 is 22.0 Å². The van der Waals surface area contributed by atoms with E-state index in [9.17, 15) is 22.0 Å². The van der Waals surface area contributed by atoms with Crippen molar-refractivity contribution in [3.63, 3.8) is 0 Å². The lowest BCUT2D eigenvalue weighted by Crippen LogP contribution is -2.09. The van der Waals surface area contributed by atoms with E-state index in [-0.39, 0.29) is 0 Å². The molecule has 0 heterocycles. The predicted molar refractivity (Wildman–Crippen MR) is 38.9 cm³/mol. The molecule has 0 spiro atoms. The molecular weight excluding hydrogens is 229 g/mol. The Hall–Kier alpha value is -1.17. The lowest BCUT2D eigenvalue weighted by atomic mass is 10.2. The van der Waals surface area contributed by atoms with Gasteiger partial charge in [0.2, 0.25) is 5.82 Å². The lowest BCUT2D eigenvalue weighted by Gasteiger charge is -2.04. The highest BCUT2D eigenvalue weighted by Gasteiger charge is 2.27. The van der Waals surface area contributed by atoms with Gasteiger partial charge in [0, 0.05) is 0 Å². The molecule has 0 saturated heterocycles. The summed E-state index contributed by atoms with van der Waals surface area (Å²) in [7, 11) is 0. The van der Waals surface area contributed by atoms with Gasteiger partial charge in [-0.1, -0.05) is 11.6 Å². The first-order valence-electron chi connectivity index (χ1n) is 3.13. The molecule has 0 amide bonds. The quantitative estimate of drug-likeness (QED) is 0.331. The molecule has 14 heavy (non-hydrogen) atoms. The second-order valence-electron chi connectivity index (χ2n) is 2.26. The molecule has 7 heteroatoms. The summed E-state index contributed by atoms with van der Waals surface area (Å²) in [4.78, 5) is 0. The van der Waals surface area contributed by atoms with E-state index < -0.39 is 39.8 Å². The van der Waals surface area contributed by atoms with Gasteiger partial charge in [-0.3, -0.25) is 5.41 Å². The van der Waals surface area contributed by atoms with Gasteiger partial charge in [-0.25, -0.2) is 22.0 Å². The Labute approximate surface area is 79.6 Å². The van der Waals surface area contributed by atoms with Crippen LogP contribution in [0.5, 0.6) is 0 Å². The third-order valence-electron chi connectivity index (χ3n) is 1.43. The largest absolute Gasteiger partial charge is 0.289 e. The molecule has 0 bridgehead atoms. The van der Waals surface area contributed by atoms with Gasteiger partial charge >= 0.3 is 0 Å². The normalized spacial score (nSPS) is 10.4. The highest BCUT2D eigenvalue weighted by atomic mass is 35.5. The standard InChI is InChI=1S/C7HClF5N/c8-7(14)1-2(9)4(11)6(13)5(12)3(1)10/h14H. The second-order valence-corrected chi connectivity index (χ2v) is 2.64. The van der Waals surface area contributed by atoms with E-state index in [2.05, 4.69) is 0 Å². The minimum Gasteiger partial charge on any atom is -0.289 e. The maximum absolute atomic E-state index is 12.7. The highest BCUT2D eigenvalue weighted by molar-refractivity contribution is 6.68. The van der Waals surface area contributed by atoms with Gasteiger partial charge in [0.25, 0.3) is 0 Å². The number of hydrogen-bond acceptors (Lipinski definition) is 1. The van der Waals surface area contributed by atoms with Crippen LogP contribution in [0.2, 0.25) is 0 Å². The molecule has 0 fully saturated rings. The average Bonchev–Trinajstić information content (AvgIpc) is 2.11. The van der Waals surface area contributed by atoms with E-state index in [0.29, 0.717) is 0 Å². The molecule has 1 N–H and O–H groups in total. The molecule has 1 rings (SSSR count). The molecule has 0 unspecified atom stereocenters. The first-order valence-corrected chi connectivity index (χ1v) is 3.51. The third-order valence-corrected chi connectivity index (χ3v) is 1.62. The monoisotopic (exact) mass is 229 g/mol. The molecule has 1 aromatic carbocycles. The number of hydrogen-bond donors (Lipinski definition) is 1. The van der Waals surface area contributed by atoms with Crippen LogP contribution in [-0.2, 0) is 0 Å². The van der Waals surface area contributed by atoms with E-state index in [4.69, 9.17) is 17.0 Å². The van der Waals surface area contributed by atoms with E-state index in [0.717, 1.165) is 0 Å². The van der Waals surface area contributed by atoms with Crippen LogP contribution in [0.4, 0.5) is 22.0 Å². The zero-order valence-electron chi connectivity index (χ0n) is 6.27. The fraction of sp³-hybridized carbons (Fsp3) is 0. The van der Waals surface area contributed by atoms with Crippen LogP contribution in [0, 0.1) is 34.5 Å². The molecule has 76 valence electrons. The summed E-state index contributed by atoms with van der Waals surface area (Å²) in [6.07, 6.45) is 0. The molecule has 0 aromatic heterocycles. The van der Waals surface area contributed by atoms with Crippen molar-refractivity contribution in [2.45, 2.75) is 0 Å². The Kier molecular flexibility index (Phi) is 2.75. The Morgan fingerprint density at radius 3 is 1.36 bits per heavy atom. The van der Waals surface area contributed by atoms with Crippen LogP contribution in [0.1, 0.15) is 5.56 Å². The van der Waals surface area contributed by atoms with E-state index >= 15 is 0 Å². The number of benzene rings is 1. The molecule has 0 aliphatic heterocycles. The Balaban J connectivity index is 3.68. The van der Waals surface area contributed by atoms with E-state index in [1.165, 1.54) is 0 Å². The van der Waals surface area contributed by atoms with Gasteiger partial charge in [0.1, 0.15) is 5.17 Å². The van der Waals surface area contributed by atoms with Gasteiger partial charge in [-0.15, -0.1) is 0 Å². The van der Waals surface area contributed by atoms with Gasteiger partial charge in [-0.05, 0) is 0 Å². The molecule has 0 aliphatic rings. The zero-order chi connectivity index (χ0) is 11.0. The van der Waals surface area contributed by atoms with Crippen LogP contribution >= 0.6 is 11.6 Å². The van der Waals surface area contributed by atoms with E-state index in [1.54, 1.807) is 0 Å². The van der Waals surface area contributed by atoms with Crippen molar-refractivity contribution in [3.8, 4) is 0 Å². The minimum absolute atomic E-state index is 1.25. The minimum atomic E-state index is -2.28. The fourth-order valence-electron chi connectivity index (χ4n) is 0.798. The topological polar surface area (TPSA) is 23.9 Å². The van der Waals surface area contributed by atoms with Crippen LogP contribution in [0.25, 0.3) is 0 Å². The first kappa shape index (κ1) is 10.9. The molecular formula is C7HClF5N. The van der Waals surface area contributed by atoms with Crippen LogP contribution in [0.3, 0.4) is 0 Å². The first-order chi connectivity index (χ1) is 6.37.